The van der Waals surface area contributed by atoms with E-state index in [-0.39, 0.29) is 5.02 Å². The van der Waals surface area contributed by atoms with Crippen LogP contribution in [0, 0.1) is 10.6 Å². The Morgan fingerprint density at radius 2 is 1.95 bits per heavy atom. The zero-order valence-electron chi connectivity index (χ0n) is 10.5. The molecule has 1 fully saturated rings. The van der Waals surface area contributed by atoms with E-state index >= 15 is 0 Å². The van der Waals surface area contributed by atoms with Crippen LogP contribution in [0.4, 0.5) is 4.39 Å². The Balaban J connectivity index is 2.10. The minimum absolute atomic E-state index is 0.115. The van der Waals surface area contributed by atoms with Crippen LogP contribution in [-0.4, -0.2) is 47.8 Å². The molecule has 1 aromatic carbocycles. The van der Waals surface area contributed by atoms with Crippen LogP contribution in [0.3, 0.4) is 0 Å². The second-order valence-corrected chi connectivity index (χ2v) is 5.58. The lowest BCUT2D eigenvalue weighted by molar-refractivity contribution is 0.288. The van der Waals surface area contributed by atoms with Crippen molar-refractivity contribution in [3.05, 3.63) is 27.7 Å². The highest BCUT2D eigenvalue weighted by molar-refractivity contribution is 7.71. The van der Waals surface area contributed by atoms with E-state index < -0.39 is 5.82 Å². The van der Waals surface area contributed by atoms with Gasteiger partial charge >= 0.3 is 0 Å². The van der Waals surface area contributed by atoms with Crippen LogP contribution in [0.5, 0.6) is 0 Å². The van der Waals surface area contributed by atoms with Crippen molar-refractivity contribution in [2.24, 2.45) is 0 Å². The number of imidazole rings is 1. The van der Waals surface area contributed by atoms with E-state index in [1.54, 1.807) is 6.07 Å². The number of nitrogens with zero attached hydrogens (tertiary/aromatic N) is 3. The number of rotatable bonds is 1. The normalized spacial score (nSPS) is 17.3. The molecule has 19 heavy (non-hydrogen) atoms. The van der Waals surface area contributed by atoms with E-state index in [1.165, 1.54) is 6.07 Å². The molecule has 102 valence electrons. The zero-order chi connectivity index (χ0) is 13.6. The SMILES string of the molecule is CN1CCN(n2c(=S)[nH]c3cc(F)c(Cl)cc32)CC1. The molecule has 7 heteroatoms. The molecule has 0 aliphatic carbocycles. The van der Waals surface area contributed by atoms with Gasteiger partial charge in [0.15, 0.2) is 4.77 Å². The number of fused-ring (bicyclic) bond motifs is 1. The second kappa shape index (κ2) is 4.77. The standard InChI is InChI=1S/C12H14ClFN4S/c1-16-2-4-17(5-3-16)18-11-6-8(13)9(14)7-10(11)15-12(18)19/h6-7H,2-5H2,1H3,(H,15,19). The molecule has 0 amide bonds. The van der Waals surface area contributed by atoms with Crippen molar-refractivity contribution in [3.63, 3.8) is 0 Å². The minimum atomic E-state index is -0.434. The smallest absolute Gasteiger partial charge is 0.197 e. The lowest BCUT2D eigenvalue weighted by Gasteiger charge is -2.34. The summed E-state index contributed by atoms with van der Waals surface area (Å²) < 4.78 is 16.0. The highest BCUT2D eigenvalue weighted by atomic mass is 35.5. The molecule has 2 heterocycles. The fourth-order valence-electron chi connectivity index (χ4n) is 2.37. The second-order valence-electron chi connectivity index (χ2n) is 4.78. The molecule has 3 rings (SSSR count). The molecular weight excluding hydrogens is 287 g/mol. The third kappa shape index (κ3) is 2.24. The van der Waals surface area contributed by atoms with Gasteiger partial charge in [0, 0.05) is 32.2 Å². The summed E-state index contributed by atoms with van der Waals surface area (Å²) in [7, 11) is 2.10. The summed E-state index contributed by atoms with van der Waals surface area (Å²) in [6.07, 6.45) is 0. The number of hydrogen-bond donors (Lipinski definition) is 1. The van der Waals surface area contributed by atoms with Gasteiger partial charge < -0.3 is 14.9 Å². The first kappa shape index (κ1) is 12.9. The van der Waals surface area contributed by atoms with Gasteiger partial charge in [0.1, 0.15) is 5.82 Å². The molecular formula is C12H14ClFN4S. The molecule has 0 unspecified atom stereocenters. The Labute approximate surface area is 120 Å². The number of likely N-dealkylation sites (N-methyl/N-ethyl adjacent to an activating group) is 1. The fraction of sp³-hybridized carbons (Fsp3) is 0.417. The van der Waals surface area contributed by atoms with Gasteiger partial charge in [-0.05, 0) is 25.3 Å². The number of hydrogen-bond acceptors (Lipinski definition) is 3. The van der Waals surface area contributed by atoms with Crippen molar-refractivity contribution < 1.29 is 4.39 Å². The molecule has 1 aromatic heterocycles. The molecule has 1 aliphatic heterocycles. The molecule has 0 atom stereocenters. The number of aromatic nitrogens is 2. The van der Waals surface area contributed by atoms with Gasteiger partial charge in [-0.1, -0.05) is 11.6 Å². The monoisotopic (exact) mass is 300 g/mol. The molecule has 1 N–H and O–H groups in total. The average molecular weight is 301 g/mol. The van der Waals surface area contributed by atoms with E-state index in [1.807, 2.05) is 4.68 Å². The van der Waals surface area contributed by atoms with E-state index in [4.69, 9.17) is 23.8 Å². The van der Waals surface area contributed by atoms with Gasteiger partial charge in [0.2, 0.25) is 0 Å². The fourth-order valence-corrected chi connectivity index (χ4v) is 2.85. The van der Waals surface area contributed by atoms with E-state index in [0.717, 1.165) is 31.7 Å². The van der Waals surface area contributed by atoms with E-state index in [2.05, 4.69) is 21.9 Å². The summed E-state index contributed by atoms with van der Waals surface area (Å²) >= 11 is 11.2. The quantitative estimate of drug-likeness (QED) is 0.819. The summed E-state index contributed by atoms with van der Waals surface area (Å²) in [6, 6.07) is 3.01. The molecule has 2 aromatic rings. The Kier molecular flexibility index (Phi) is 3.24. The summed E-state index contributed by atoms with van der Waals surface area (Å²) in [5, 5.41) is 2.28. The third-order valence-electron chi connectivity index (χ3n) is 3.46. The third-order valence-corrected chi connectivity index (χ3v) is 4.03. The molecule has 4 nitrogen and oxygen atoms in total. The van der Waals surface area contributed by atoms with Crippen LogP contribution in [0.2, 0.25) is 5.02 Å². The van der Waals surface area contributed by atoms with E-state index in [9.17, 15) is 4.39 Å². The van der Waals surface area contributed by atoms with Gasteiger partial charge in [-0.25, -0.2) is 9.07 Å². The topological polar surface area (TPSA) is 27.2 Å². The molecule has 0 saturated carbocycles. The van der Waals surface area contributed by atoms with Crippen LogP contribution in [0.15, 0.2) is 12.1 Å². The van der Waals surface area contributed by atoms with Crippen molar-refractivity contribution in [2.75, 3.05) is 38.2 Å². The number of piperazine rings is 1. The van der Waals surface area contributed by atoms with E-state index in [0.29, 0.717) is 10.3 Å². The number of benzene rings is 1. The van der Waals surface area contributed by atoms with Crippen molar-refractivity contribution in [1.82, 2.24) is 14.6 Å². The summed E-state index contributed by atoms with van der Waals surface area (Å²) in [4.78, 5) is 5.29. The molecule has 1 saturated heterocycles. The van der Waals surface area contributed by atoms with Crippen LogP contribution in [-0.2, 0) is 0 Å². The Morgan fingerprint density at radius 1 is 1.26 bits per heavy atom. The van der Waals surface area contributed by atoms with Gasteiger partial charge in [0.25, 0.3) is 0 Å². The highest BCUT2D eigenvalue weighted by Gasteiger charge is 2.18. The largest absolute Gasteiger partial charge is 0.329 e. The Hall–Kier alpha value is -1.11. The van der Waals surface area contributed by atoms with Gasteiger partial charge in [-0.2, -0.15) is 0 Å². The zero-order valence-corrected chi connectivity index (χ0v) is 12.1. The van der Waals surface area contributed by atoms with Crippen molar-refractivity contribution in [1.29, 1.82) is 0 Å². The van der Waals surface area contributed by atoms with Crippen molar-refractivity contribution in [3.8, 4) is 0 Å². The first-order valence-corrected chi connectivity index (χ1v) is 6.88. The number of H-pyrrole nitrogens is 1. The van der Waals surface area contributed by atoms with Gasteiger partial charge in [0.05, 0.1) is 16.1 Å². The van der Waals surface area contributed by atoms with Gasteiger partial charge in [-0.3, -0.25) is 0 Å². The number of nitrogens with one attached hydrogen (secondary N) is 1. The van der Waals surface area contributed by atoms with Crippen LogP contribution < -0.4 is 5.01 Å². The first-order chi connectivity index (χ1) is 9.06. The number of aromatic amines is 1. The molecule has 1 aliphatic rings. The first-order valence-electron chi connectivity index (χ1n) is 6.10. The maximum absolute atomic E-state index is 13.5. The predicted molar refractivity (Wildman–Crippen MR) is 77.5 cm³/mol. The summed E-state index contributed by atoms with van der Waals surface area (Å²) in [6.45, 7) is 3.71. The number of halogens is 2. The van der Waals surface area contributed by atoms with Gasteiger partial charge in [-0.15, -0.1) is 0 Å². The molecule has 0 bridgehead atoms. The lowest BCUT2D eigenvalue weighted by Crippen LogP contribution is -2.49. The van der Waals surface area contributed by atoms with Crippen LogP contribution in [0.25, 0.3) is 11.0 Å². The lowest BCUT2D eigenvalue weighted by atomic mass is 10.3. The van der Waals surface area contributed by atoms with Crippen LogP contribution >= 0.6 is 23.8 Å². The molecule has 0 radical (unpaired) electrons. The Bertz CT molecular complexity index is 672. The average Bonchev–Trinajstić information content (AvgIpc) is 2.67. The van der Waals surface area contributed by atoms with Crippen LogP contribution in [0.1, 0.15) is 0 Å². The maximum Gasteiger partial charge on any atom is 0.197 e. The maximum atomic E-state index is 13.5. The highest BCUT2D eigenvalue weighted by Crippen LogP contribution is 2.23. The minimum Gasteiger partial charge on any atom is -0.329 e. The van der Waals surface area contributed by atoms with Crippen molar-refractivity contribution >= 4 is 34.9 Å². The Morgan fingerprint density at radius 3 is 2.63 bits per heavy atom. The molecule has 0 spiro atoms. The predicted octanol–water partition coefficient (Wildman–Crippen LogP) is 2.37. The summed E-state index contributed by atoms with van der Waals surface area (Å²) in [5.74, 6) is -0.434. The summed E-state index contributed by atoms with van der Waals surface area (Å²) in [5.41, 5.74) is 1.49. The van der Waals surface area contributed by atoms with Crippen molar-refractivity contribution in [2.45, 2.75) is 0 Å².